The highest BCUT2D eigenvalue weighted by Gasteiger charge is 2.37. The highest BCUT2D eigenvalue weighted by molar-refractivity contribution is 4.90. The first-order chi connectivity index (χ1) is 4.96. The van der Waals surface area contributed by atoms with Crippen LogP contribution in [-0.2, 0) is 0 Å². The molecule has 0 bridgehead atoms. The zero-order chi connectivity index (χ0) is 8.65. The average Bonchev–Trinajstić information content (AvgIpc) is 1.95. The van der Waals surface area contributed by atoms with Crippen LogP contribution in [0.25, 0.3) is 0 Å². The number of nitrogens with zero attached hydrogens (tertiary/aromatic N) is 1. The maximum Gasteiger partial charge on any atom is 0.107 e. The lowest BCUT2D eigenvalue weighted by Crippen LogP contribution is -2.54. The molecule has 1 heterocycles. The molecule has 1 aliphatic heterocycles. The first-order valence-corrected chi connectivity index (χ1v) is 4.37. The molecule has 0 spiro atoms. The maximum absolute atomic E-state index is 9.56. The molecule has 1 rings (SSSR count). The van der Waals surface area contributed by atoms with E-state index in [-0.39, 0.29) is 11.8 Å². The zero-order valence-corrected chi connectivity index (χ0v) is 7.96. The van der Waals surface area contributed by atoms with Crippen molar-refractivity contribution in [3.63, 3.8) is 0 Å². The van der Waals surface area contributed by atoms with Crippen molar-refractivity contribution >= 4 is 0 Å². The number of aliphatic hydroxyl groups is 1. The molecule has 0 amide bonds. The van der Waals surface area contributed by atoms with E-state index in [1.807, 2.05) is 7.05 Å². The summed E-state index contributed by atoms with van der Waals surface area (Å²) in [5.74, 6) is 0.677. The molecule has 1 saturated heterocycles. The lowest BCUT2D eigenvalue weighted by atomic mass is 9.80. The Hall–Kier alpha value is -0.0800. The van der Waals surface area contributed by atoms with Crippen LogP contribution >= 0.6 is 0 Å². The third-order valence-corrected chi connectivity index (χ3v) is 3.42. The Morgan fingerprint density at radius 2 is 1.91 bits per heavy atom. The van der Waals surface area contributed by atoms with Gasteiger partial charge >= 0.3 is 0 Å². The smallest absolute Gasteiger partial charge is 0.107 e. The second-order valence-electron chi connectivity index (χ2n) is 4.22. The molecule has 0 saturated carbocycles. The monoisotopic (exact) mass is 157 g/mol. The number of hydrogen-bond acceptors (Lipinski definition) is 2. The molecule has 1 N–H and O–H groups in total. The fourth-order valence-corrected chi connectivity index (χ4v) is 1.68. The highest BCUT2D eigenvalue weighted by Crippen LogP contribution is 2.33. The Balaban J connectivity index is 2.72. The van der Waals surface area contributed by atoms with Gasteiger partial charge in [-0.15, -0.1) is 0 Å². The molecule has 1 aliphatic rings. The summed E-state index contributed by atoms with van der Waals surface area (Å²) in [7, 11) is 2.00. The molecule has 0 aromatic rings. The summed E-state index contributed by atoms with van der Waals surface area (Å²) in [5, 5.41) is 9.56. The third-order valence-electron chi connectivity index (χ3n) is 3.42. The van der Waals surface area contributed by atoms with Gasteiger partial charge in [0.1, 0.15) is 6.23 Å². The average molecular weight is 157 g/mol. The van der Waals surface area contributed by atoms with Gasteiger partial charge in [-0.1, -0.05) is 6.92 Å². The minimum absolute atomic E-state index is 0.150. The topological polar surface area (TPSA) is 23.5 Å². The van der Waals surface area contributed by atoms with Gasteiger partial charge in [0.15, 0.2) is 0 Å². The zero-order valence-electron chi connectivity index (χ0n) is 7.96. The van der Waals surface area contributed by atoms with Crippen molar-refractivity contribution < 1.29 is 5.11 Å². The van der Waals surface area contributed by atoms with Crippen LogP contribution in [0.1, 0.15) is 33.6 Å². The van der Waals surface area contributed by atoms with Crippen molar-refractivity contribution in [3.05, 3.63) is 0 Å². The summed E-state index contributed by atoms with van der Waals surface area (Å²) in [4.78, 5) is 2.07. The molecule has 2 heteroatoms. The number of hydrogen-bond donors (Lipinski definition) is 1. The summed E-state index contributed by atoms with van der Waals surface area (Å²) in [6.45, 7) is 6.64. The van der Waals surface area contributed by atoms with Gasteiger partial charge in [-0.3, -0.25) is 4.90 Å². The van der Waals surface area contributed by atoms with Gasteiger partial charge < -0.3 is 5.11 Å². The summed E-state index contributed by atoms with van der Waals surface area (Å²) in [6.07, 6.45) is 1.82. The van der Waals surface area contributed by atoms with Crippen molar-refractivity contribution in [1.29, 1.82) is 0 Å². The van der Waals surface area contributed by atoms with Crippen molar-refractivity contribution in [3.8, 4) is 0 Å². The van der Waals surface area contributed by atoms with E-state index in [9.17, 15) is 5.11 Å². The number of rotatable bonds is 0. The molecule has 11 heavy (non-hydrogen) atoms. The fraction of sp³-hybridized carbons (Fsp3) is 1.00. The molecule has 2 nitrogen and oxygen atoms in total. The first-order valence-electron chi connectivity index (χ1n) is 4.37. The molecule has 0 aromatic heterocycles. The molecule has 2 unspecified atom stereocenters. The number of likely N-dealkylation sites (tertiary alicyclic amines) is 1. The predicted octanol–water partition coefficient (Wildman–Crippen LogP) is 1.45. The van der Waals surface area contributed by atoms with E-state index in [2.05, 4.69) is 25.7 Å². The van der Waals surface area contributed by atoms with Crippen LogP contribution in [0.15, 0.2) is 0 Å². The maximum atomic E-state index is 9.56. The van der Waals surface area contributed by atoms with E-state index in [0.717, 1.165) is 12.8 Å². The third kappa shape index (κ3) is 1.42. The van der Waals surface area contributed by atoms with Crippen molar-refractivity contribution in [2.75, 3.05) is 7.05 Å². The summed E-state index contributed by atoms with van der Waals surface area (Å²) >= 11 is 0. The minimum Gasteiger partial charge on any atom is -0.378 e. The normalized spacial score (nSPS) is 39.0. The Bertz CT molecular complexity index is 144. The second kappa shape index (κ2) is 2.76. The van der Waals surface area contributed by atoms with E-state index in [0.29, 0.717) is 5.92 Å². The molecular formula is C9H19NO. The molecule has 1 fully saturated rings. The van der Waals surface area contributed by atoms with Crippen LogP contribution in [0.3, 0.4) is 0 Å². The Labute approximate surface area is 69.2 Å². The second-order valence-corrected chi connectivity index (χ2v) is 4.22. The van der Waals surface area contributed by atoms with Crippen LogP contribution < -0.4 is 0 Å². The first kappa shape index (κ1) is 9.01. The number of aliphatic hydroxyl groups excluding tert-OH is 1. The molecule has 66 valence electrons. The van der Waals surface area contributed by atoms with E-state index in [1.54, 1.807) is 0 Å². The largest absolute Gasteiger partial charge is 0.378 e. The van der Waals surface area contributed by atoms with Crippen LogP contribution in [-0.4, -0.2) is 28.8 Å². The van der Waals surface area contributed by atoms with Crippen LogP contribution in [0.5, 0.6) is 0 Å². The predicted molar refractivity (Wildman–Crippen MR) is 46.2 cm³/mol. The lowest BCUT2D eigenvalue weighted by molar-refractivity contribution is -0.0956. The van der Waals surface area contributed by atoms with Gasteiger partial charge in [0.2, 0.25) is 0 Å². The van der Waals surface area contributed by atoms with E-state index in [4.69, 9.17) is 0 Å². The Morgan fingerprint density at radius 1 is 1.36 bits per heavy atom. The molecule has 2 atom stereocenters. The van der Waals surface area contributed by atoms with Crippen molar-refractivity contribution in [1.82, 2.24) is 4.90 Å². The van der Waals surface area contributed by atoms with E-state index in [1.165, 1.54) is 0 Å². The number of piperidine rings is 1. The minimum atomic E-state index is -0.235. The summed E-state index contributed by atoms with van der Waals surface area (Å²) < 4.78 is 0. The SMILES string of the molecule is CC1CCC(O)N(C)C1(C)C. The van der Waals surface area contributed by atoms with Gasteiger partial charge in [-0.05, 0) is 39.7 Å². The quantitative estimate of drug-likeness (QED) is 0.575. The Kier molecular flexibility index (Phi) is 2.26. The van der Waals surface area contributed by atoms with Crippen molar-refractivity contribution in [2.45, 2.75) is 45.4 Å². The fourth-order valence-electron chi connectivity index (χ4n) is 1.68. The Morgan fingerprint density at radius 3 is 2.36 bits per heavy atom. The van der Waals surface area contributed by atoms with Gasteiger partial charge in [-0.2, -0.15) is 0 Å². The van der Waals surface area contributed by atoms with Gasteiger partial charge in [0.25, 0.3) is 0 Å². The van der Waals surface area contributed by atoms with Crippen LogP contribution in [0, 0.1) is 5.92 Å². The molecule has 0 radical (unpaired) electrons. The van der Waals surface area contributed by atoms with Crippen LogP contribution in [0.4, 0.5) is 0 Å². The standard InChI is InChI=1S/C9H19NO/c1-7-5-6-8(11)10(4)9(7,2)3/h7-8,11H,5-6H2,1-4H3. The molecule has 0 aliphatic carbocycles. The van der Waals surface area contributed by atoms with Gasteiger partial charge in [0, 0.05) is 5.54 Å². The summed E-state index contributed by atoms with van der Waals surface area (Å²) in [6, 6.07) is 0. The van der Waals surface area contributed by atoms with Crippen LogP contribution in [0.2, 0.25) is 0 Å². The van der Waals surface area contributed by atoms with E-state index < -0.39 is 0 Å². The van der Waals surface area contributed by atoms with E-state index >= 15 is 0 Å². The van der Waals surface area contributed by atoms with Gasteiger partial charge in [0.05, 0.1) is 0 Å². The summed E-state index contributed by atoms with van der Waals surface area (Å²) in [5.41, 5.74) is 0.150. The lowest BCUT2D eigenvalue weighted by Gasteiger charge is -2.47. The van der Waals surface area contributed by atoms with Crippen molar-refractivity contribution in [2.24, 2.45) is 5.92 Å². The molecule has 0 aromatic carbocycles. The highest BCUT2D eigenvalue weighted by atomic mass is 16.3. The van der Waals surface area contributed by atoms with Gasteiger partial charge in [-0.25, -0.2) is 0 Å². The molecular weight excluding hydrogens is 138 g/mol.